The maximum absolute atomic E-state index is 12.3. The zero-order valence-corrected chi connectivity index (χ0v) is 13.0. The fraction of sp³-hybridized carbons (Fsp3) is 0.467. The summed E-state index contributed by atoms with van der Waals surface area (Å²) in [5, 5.41) is 0. The first-order chi connectivity index (χ1) is 10.6. The van der Waals surface area contributed by atoms with E-state index in [1.54, 1.807) is 31.4 Å². The molecule has 3 rings (SSSR count). The molecule has 1 fully saturated rings. The lowest BCUT2D eigenvalue weighted by molar-refractivity contribution is 0.0325. The van der Waals surface area contributed by atoms with Crippen molar-refractivity contribution in [3.63, 3.8) is 0 Å². The van der Waals surface area contributed by atoms with Crippen LogP contribution < -0.4 is 0 Å². The van der Waals surface area contributed by atoms with Gasteiger partial charge in [-0.05, 0) is 37.8 Å². The number of carbonyl (C=O) groups excluding carboxylic acids is 2. The number of amides is 2. The van der Waals surface area contributed by atoms with Gasteiger partial charge >= 0.3 is 11.6 Å². The topological polar surface area (TPSA) is 80.8 Å². The first-order valence-corrected chi connectivity index (χ1v) is 7.72. The van der Waals surface area contributed by atoms with Crippen LogP contribution in [-0.4, -0.2) is 44.4 Å². The average molecular weight is 323 g/mol. The first-order valence-electron chi connectivity index (χ1n) is 7.05. The average Bonchev–Trinajstić information content (AvgIpc) is 2.80. The van der Waals surface area contributed by atoms with Gasteiger partial charge in [0.15, 0.2) is 0 Å². The lowest BCUT2D eigenvalue weighted by Gasteiger charge is -2.32. The van der Waals surface area contributed by atoms with Gasteiger partial charge in [0.2, 0.25) is 0 Å². The van der Waals surface area contributed by atoms with E-state index in [1.165, 1.54) is 4.90 Å². The van der Waals surface area contributed by atoms with Gasteiger partial charge in [-0.2, -0.15) is 8.42 Å². The molecule has 1 aliphatic heterocycles. The van der Waals surface area contributed by atoms with E-state index in [1.807, 2.05) is 0 Å². The van der Waals surface area contributed by atoms with Crippen molar-refractivity contribution in [3.8, 4) is 0 Å². The second-order valence-electron chi connectivity index (χ2n) is 5.26. The second-order valence-corrected chi connectivity index (χ2v) is 5.40. The van der Waals surface area contributed by atoms with Crippen LogP contribution in [-0.2, 0) is 16.3 Å². The van der Waals surface area contributed by atoms with Crippen molar-refractivity contribution in [1.29, 1.82) is 0 Å². The molecule has 118 valence electrons. The molecule has 6 nitrogen and oxygen atoms in total. The summed E-state index contributed by atoms with van der Waals surface area (Å²) in [4.78, 5) is 26.1. The summed E-state index contributed by atoms with van der Waals surface area (Å²) < 4.78 is 21.9. The molecule has 0 aromatic heterocycles. The number of benzene rings is 1. The molecule has 0 radical (unpaired) electrons. The van der Waals surface area contributed by atoms with E-state index < -0.39 is 11.6 Å². The van der Waals surface area contributed by atoms with Crippen molar-refractivity contribution < 1.29 is 22.7 Å². The van der Waals surface area contributed by atoms with Gasteiger partial charge in [-0.3, -0.25) is 14.5 Å². The minimum atomic E-state index is -0.750. The number of rotatable bonds is 2. The van der Waals surface area contributed by atoms with Crippen LogP contribution in [0.2, 0.25) is 0 Å². The predicted molar refractivity (Wildman–Crippen MR) is 78.9 cm³/mol. The number of ether oxygens (including phenoxy) is 1. The molecular weight excluding hydrogens is 306 g/mol. The molecule has 1 saturated carbocycles. The van der Waals surface area contributed by atoms with Crippen molar-refractivity contribution in [2.24, 2.45) is 0 Å². The molecule has 0 bridgehead atoms. The Morgan fingerprint density at radius 2 is 1.45 bits per heavy atom. The molecule has 0 saturated heterocycles. The van der Waals surface area contributed by atoms with Crippen LogP contribution in [0.5, 0.6) is 0 Å². The summed E-state index contributed by atoms with van der Waals surface area (Å²) in [5.74, 6) is -0.275. The Balaban J connectivity index is 0.000000545. The number of hydrogen-bond acceptors (Lipinski definition) is 5. The van der Waals surface area contributed by atoms with Crippen LogP contribution in [0.1, 0.15) is 46.4 Å². The van der Waals surface area contributed by atoms with E-state index >= 15 is 0 Å². The standard InChI is InChI=1S/C15H17NO3.O2S/c1-19-11-8-6-10(7-9-11)16-14(17)12-4-2-3-5-13(12)15(16)18;1-3-2/h2-5,10-11H,6-9H2,1H3;. The summed E-state index contributed by atoms with van der Waals surface area (Å²) in [5.41, 5.74) is 1.09. The summed E-state index contributed by atoms with van der Waals surface area (Å²) in [7, 11) is 1.72. The summed E-state index contributed by atoms with van der Waals surface area (Å²) >= 11 is -0.750. The Kier molecular flexibility index (Phi) is 5.57. The smallest absolute Gasteiger partial charge is 0.335 e. The van der Waals surface area contributed by atoms with Gasteiger partial charge in [-0.1, -0.05) is 12.1 Å². The van der Waals surface area contributed by atoms with Crippen LogP contribution in [0.3, 0.4) is 0 Å². The van der Waals surface area contributed by atoms with E-state index in [2.05, 4.69) is 0 Å². The summed E-state index contributed by atoms with van der Waals surface area (Å²) in [6, 6.07) is 7.09. The van der Waals surface area contributed by atoms with E-state index in [9.17, 15) is 9.59 Å². The molecule has 0 N–H and O–H groups in total. The SMILES string of the molecule is COC1CCC(N2C(=O)c3ccccc3C2=O)CC1.O=S=O. The minimum Gasteiger partial charge on any atom is -0.381 e. The molecule has 22 heavy (non-hydrogen) atoms. The highest BCUT2D eigenvalue weighted by Crippen LogP contribution is 2.31. The molecule has 1 heterocycles. The van der Waals surface area contributed by atoms with E-state index in [4.69, 9.17) is 13.2 Å². The maximum Gasteiger partial charge on any atom is 0.335 e. The number of carbonyl (C=O) groups is 2. The van der Waals surface area contributed by atoms with Gasteiger partial charge < -0.3 is 4.74 Å². The number of nitrogens with zero attached hydrogens (tertiary/aromatic N) is 1. The Morgan fingerprint density at radius 3 is 1.86 bits per heavy atom. The third-order valence-electron chi connectivity index (χ3n) is 4.17. The fourth-order valence-corrected chi connectivity index (χ4v) is 3.08. The predicted octanol–water partition coefficient (Wildman–Crippen LogP) is 1.57. The molecule has 2 aliphatic rings. The lowest BCUT2D eigenvalue weighted by atomic mass is 9.92. The minimum absolute atomic E-state index is 0.0267. The fourth-order valence-electron chi connectivity index (χ4n) is 3.08. The second kappa shape index (κ2) is 7.42. The third kappa shape index (κ3) is 3.15. The highest BCUT2D eigenvalue weighted by molar-refractivity contribution is 7.51. The summed E-state index contributed by atoms with van der Waals surface area (Å²) in [6.45, 7) is 0. The number of hydrogen-bond donors (Lipinski definition) is 0. The molecule has 1 aromatic carbocycles. The quantitative estimate of drug-likeness (QED) is 0.772. The van der Waals surface area contributed by atoms with Crippen molar-refractivity contribution in [1.82, 2.24) is 4.90 Å². The Bertz CT molecular complexity index is 569. The third-order valence-corrected chi connectivity index (χ3v) is 4.17. The maximum atomic E-state index is 12.3. The lowest BCUT2D eigenvalue weighted by Crippen LogP contribution is -2.42. The van der Waals surface area contributed by atoms with Gasteiger partial charge in [-0.25, -0.2) is 0 Å². The van der Waals surface area contributed by atoms with E-state index in [-0.39, 0.29) is 24.0 Å². The first kappa shape index (κ1) is 16.5. The van der Waals surface area contributed by atoms with Gasteiger partial charge in [0.25, 0.3) is 11.8 Å². The Morgan fingerprint density at radius 1 is 1.00 bits per heavy atom. The molecule has 2 amide bonds. The molecule has 0 spiro atoms. The molecular formula is C15H17NO5S. The molecule has 1 aliphatic carbocycles. The van der Waals surface area contributed by atoms with Crippen LogP contribution >= 0.6 is 0 Å². The van der Waals surface area contributed by atoms with Crippen molar-refractivity contribution in [3.05, 3.63) is 35.4 Å². The number of fused-ring (bicyclic) bond motifs is 1. The van der Waals surface area contributed by atoms with Crippen molar-refractivity contribution >= 4 is 23.4 Å². The highest BCUT2D eigenvalue weighted by atomic mass is 32.1. The van der Waals surface area contributed by atoms with E-state index in [0.717, 1.165) is 25.7 Å². The molecule has 1 aromatic rings. The van der Waals surface area contributed by atoms with Crippen LogP contribution in [0, 0.1) is 0 Å². The number of methoxy groups -OCH3 is 1. The van der Waals surface area contributed by atoms with E-state index in [0.29, 0.717) is 11.1 Å². The largest absolute Gasteiger partial charge is 0.381 e. The molecule has 0 atom stereocenters. The summed E-state index contributed by atoms with van der Waals surface area (Å²) in [6.07, 6.45) is 3.77. The van der Waals surface area contributed by atoms with Gasteiger partial charge in [0, 0.05) is 13.2 Å². The zero-order chi connectivity index (χ0) is 16.1. The van der Waals surface area contributed by atoms with Crippen LogP contribution in [0.15, 0.2) is 24.3 Å². The molecule has 0 unspecified atom stereocenters. The number of imide groups is 1. The normalized spacial score (nSPS) is 23.6. The highest BCUT2D eigenvalue weighted by Gasteiger charge is 2.40. The monoisotopic (exact) mass is 323 g/mol. The van der Waals surface area contributed by atoms with Gasteiger partial charge in [-0.15, -0.1) is 0 Å². The zero-order valence-electron chi connectivity index (χ0n) is 12.2. The van der Waals surface area contributed by atoms with Crippen LogP contribution in [0.25, 0.3) is 0 Å². The molecule has 7 heteroatoms. The van der Waals surface area contributed by atoms with Crippen molar-refractivity contribution in [2.75, 3.05) is 7.11 Å². The van der Waals surface area contributed by atoms with Gasteiger partial charge in [0.05, 0.1) is 17.2 Å². The Hall–Kier alpha value is -1.86. The Labute approximate surface area is 132 Å². The van der Waals surface area contributed by atoms with Crippen molar-refractivity contribution in [2.45, 2.75) is 37.8 Å². The van der Waals surface area contributed by atoms with Gasteiger partial charge in [0.1, 0.15) is 0 Å². The van der Waals surface area contributed by atoms with Crippen LogP contribution in [0.4, 0.5) is 0 Å².